The van der Waals surface area contributed by atoms with Crippen LogP contribution >= 0.6 is 23.2 Å². The zero-order valence-corrected chi connectivity index (χ0v) is 22.4. The molecule has 2 fully saturated rings. The van der Waals surface area contributed by atoms with Crippen LogP contribution in [0.5, 0.6) is 5.75 Å². The van der Waals surface area contributed by atoms with Gasteiger partial charge in [0.2, 0.25) is 10.0 Å². The van der Waals surface area contributed by atoms with E-state index in [0.29, 0.717) is 0 Å². The molecule has 0 spiro atoms. The van der Waals surface area contributed by atoms with Gasteiger partial charge in [0.1, 0.15) is 10.7 Å². The zero-order valence-electron chi connectivity index (χ0n) is 20.1. The van der Waals surface area contributed by atoms with Crippen LogP contribution in [-0.2, 0) is 16.6 Å². The van der Waals surface area contributed by atoms with Crippen LogP contribution in [0.1, 0.15) is 18.4 Å². The second-order valence-corrected chi connectivity index (χ2v) is 12.0. The molecule has 2 atom stereocenters. The van der Waals surface area contributed by atoms with Gasteiger partial charge in [-0.05, 0) is 42.7 Å². The van der Waals surface area contributed by atoms with Crippen LogP contribution < -0.4 is 10.6 Å². The van der Waals surface area contributed by atoms with Gasteiger partial charge in [0.15, 0.2) is 5.75 Å². The van der Waals surface area contributed by atoms with Crippen molar-refractivity contribution in [2.24, 2.45) is 0 Å². The number of fused-ring (bicyclic) bond motifs is 2. The minimum atomic E-state index is -4.19. The van der Waals surface area contributed by atoms with Crippen LogP contribution in [0.3, 0.4) is 0 Å². The molecule has 2 amide bonds. The number of piperazine rings is 1. The normalized spacial score (nSPS) is 19.9. The fourth-order valence-electron chi connectivity index (χ4n) is 5.10. The Kier molecular flexibility index (Phi) is 7.52. The van der Waals surface area contributed by atoms with Gasteiger partial charge in [-0.3, -0.25) is 4.90 Å². The molecule has 2 saturated heterocycles. The number of aromatic hydroxyl groups is 1. The van der Waals surface area contributed by atoms with E-state index in [-0.39, 0.29) is 46.6 Å². The van der Waals surface area contributed by atoms with Crippen molar-refractivity contribution in [2.45, 2.75) is 36.4 Å². The Balaban J connectivity index is 1.34. The van der Waals surface area contributed by atoms with Crippen LogP contribution in [0.4, 0.5) is 20.6 Å². The van der Waals surface area contributed by atoms with Crippen LogP contribution in [-0.4, -0.2) is 53.9 Å². The summed E-state index contributed by atoms with van der Waals surface area (Å²) in [5.74, 6) is -1.40. The number of nitrogens with one attached hydrogen (secondary N) is 2. The summed E-state index contributed by atoms with van der Waals surface area (Å²) in [6.07, 6.45) is 1.74. The molecule has 3 aromatic carbocycles. The molecule has 2 heterocycles. The van der Waals surface area contributed by atoms with Crippen molar-refractivity contribution < 1.29 is 22.7 Å². The number of phenols is 1. The number of hydrogen-bond acceptors (Lipinski definition) is 5. The lowest BCUT2D eigenvalue weighted by atomic mass is 10.1. The maximum atomic E-state index is 13.7. The highest BCUT2D eigenvalue weighted by atomic mass is 35.5. The number of carbonyl (C=O) groups excluding carboxylic acids is 1. The number of halogens is 3. The third-order valence-electron chi connectivity index (χ3n) is 6.94. The van der Waals surface area contributed by atoms with E-state index < -0.39 is 32.5 Å². The van der Waals surface area contributed by atoms with Crippen molar-refractivity contribution in [2.75, 3.05) is 23.7 Å². The van der Waals surface area contributed by atoms with E-state index in [4.69, 9.17) is 23.2 Å². The maximum absolute atomic E-state index is 13.7. The quantitative estimate of drug-likeness (QED) is 0.334. The summed E-state index contributed by atoms with van der Waals surface area (Å²) in [7, 11) is -4.19. The van der Waals surface area contributed by atoms with Crippen molar-refractivity contribution in [3.8, 4) is 5.75 Å². The third kappa shape index (κ3) is 5.19. The van der Waals surface area contributed by atoms with Gasteiger partial charge < -0.3 is 15.7 Å². The topological polar surface area (TPSA) is 102 Å². The molecule has 8 nitrogen and oxygen atoms in total. The lowest BCUT2D eigenvalue weighted by Crippen LogP contribution is -2.54. The number of anilines is 2. The van der Waals surface area contributed by atoms with Crippen molar-refractivity contribution in [1.29, 1.82) is 0 Å². The number of carbonyl (C=O) groups is 1. The molecule has 38 heavy (non-hydrogen) atoms. The smallest absolute Gasteiger partial charge is 0.323 e. The molecule has 5 rings (SSSR count). The first-order chi connectivity index (χ1) is 18.1. The Hall–Kier alpha value is -2.89. The molecule has 0 saturated carbocycles. The highest BCUT2D eigenvalue weighted by Gasteiger charge is 2.45. The predicted octanol–water partition coefficient (Wildman–Crippen LogP) is 5.52. The van der Waals surface area contributed by atoms with Crippen molar-refractivity contribution in [3.63, 3.8) is 0 Å². The van der Waals surface area contributed by atoms with Gasteiger partial charge >= 0.3 is 6.03 Å². The molecular formula is C26H25Cl2FN4O4S. The van der Waals surface area contributed by atoms with E-state index in [0.717, 1.165) is 31.0 Å². The summed E-state index contributed by atoms with van der Waals surface area (Å²) in [5.41, 5.74) is 0.996. The first-order valence-electron chi connectivity index (χ1n) is 12.0. The van der Waals surface area contributed by atoms with Crippen LogP contribution in [0.2, 0.25) is 10.0 Å². The highest BCUT2D eigenvalue weighted by molar-refractivity contribution is 7.89. The Morgan fingerprint density at radius 3 is 2.29 bits per heavy atom. The molecule has 0 aliphatic carbocycles. The largest absolute Gasteiger partial charge is 0.504 e. The second-order valence-electron chi connectivity index (χ2n) is 9.32. The van der Waals surface area contributed by atoms with E-state index in [2.05, 4.69) is 27.7 Å². The maximum Gasteiger partial charge on any atom is 0.323 e. The Bertz CT molecular complexity index is 1460. The summed E-state index contributed by atoms with van der Waals surface area (Å²) in [6.45, 7) is 1.26. The number of phenolic OH excluding ortho intramolecular Hbond substituents is 1. The summed E-state index contributed by atoms with van der Waals surface area (Å²) >= 11 is 12.1. The number of hydrogen-bond donors (Lipinski definition) is 3. The van der Waals surface area contributed by atoms with Gasteiger partial charge in [0.25, 0.3) is 0 Å². The monoisotopic (exact) mass is 578 g/mol. The summed E-state index contributed by atoms with van der Waals surface area (Å²) in [5, 5.41) is 15.2. The first-order valence-corrected chi connectivity index (χ1v) is 14.2. The number of nitrogens with zero attached hydrogens (tertiary/aromatic N) is 2. The van der Waals surface area contributed by atoms with Gasteiger partial charge in [-0.1, -0.05) is 59.6 Å². The van der Waals surface area contributed by atoms with E-state index in [1.807, 2.05) is 18.2 Å². The fourth-order valence-corrected chi connectivity index (χ4v) is 7.38. The molecule has 3 N–H and O–H groups in total. The van der Waals surface area contributed by atoms with Gasteiger partial charge in [-0.25, -0.2) is 17.6 Å². The van der Waals surface area contributed by atoms with Gasteiger partial charge in [0.05, 0.1) is 21.4 Å². The lowest BCUT2D eigenvalue weighted by molar-refractivity contribution is 0.103. The molecule has 2 aliphatic heterocycles. The average Bonchev–Trinajstić information content (AvgIpc) is 3.09. The first kappa shape index (κ1) is 26.7. The molecule has 12 heteroatoms. The molecule has 0 radical (unpaired) electrons. The number of urea groups is 1. The molecule has 3 aromatic rings. The molecule has 2 bridgehead atoms. The SMILES string of the molecule is O=C(Nc1ccc(Cl)c(S(=O)(=O)N2C[C@H]3CC[C@@H](C2)N3Cc2ccccc2)c1O)Nc1cccc(F)c1Cl. The Morgan fingerprint density at radius 1 is 0.947 bits per heavy atom. The summed E-state index contributed by atoms with van der Waals surface area (Å²) in [6, 6.07) is 15.7. The molecule has 0 unspecified atom stereocenters. The van der Waals surface area contributed by atoms with Crippen molar-refractivity contribution >= 4 is 50.6 Å². The van der Waals surface area contributed by atoms with Gasteiger partial charge in [-0.2, -0.15) is 4.31 Å². The van der Waals surface area contributed by atoms with E-state index in [1.165, 1.54) is 28.6 Å². The summed E-state index contributed by atoms with van der Waals surface area (Å²) < 4.78 is 42.4. The predicted molar refractivity (Wildman–Crippen MR) is 145 cm³/mol. The second kappa shape index (κ2) is 10.7. The summed E-state index contributed by atoms with van der Waals surface area (Å²) in [4.78, 5) is 14.4. The number of rotatable bonds is 6. The minimum Gasteiger partial charge on any atom is -0.504 e. The van der Waals surface area contributed by atoms with E-state index in [9.17, 15) is 22.7 Å². The Morgan fingerprint density at radius 2 is 1.61 bits per heavy atom. The van der Waals surface area contributed by atoms with Crippen LogP contribution in [0.25, 0.3) is 0 Å². The molecule has 2 aliphatic rings. The number of benzene rings is 3. The number of sulfonamides is 1. The van der Waals surface area contributed by atoms with Crippen LogP contribution in [0.15, 0.2) is 65.6 Å². The van der Waals surface area contributed by atoms with Gasteiger partial charge in [-0.15, -0.1) is 0 Å². The third-order valence-corrected chi connectivity index (χ3v) is 9.66. The fraction of sp³-hybridized carbons (Fsp3) is 0.269. The molecular weight excluding hydrogens is 554 g/mol. The Labute approximate surface area is 230 Å². The van der Waals surface area contributed by atoms with Crippen molar-refractivity contribution in [3.05, 3.63) is 82.1 Å². The minimum absolute atomic E-state index is 0.00862. The molecule has 200 valence electrons. The standard InChI is InChI=1S/C26H25Cl2FN4O4S/c27-19-11-12-22(31-26(35)30-21-8-4-7-20(29)23(21)28)24(34)25(19)38(36,37)32-14-17-9-10-18(15-32)33(17)13-16-5-2-1-3-6-16/h1-8,11-12,17-18,34H,9-10,13-15H2,(H2,30,31,35)/t17-,18+. The van der Waals surface area contributed by atoms with Gasteiger partial charge in [0, 0.05) is 31.7 Å². The average molecular weight is 579 g/mol. The van der Waals surface area contributed by atoms with Crippen molar-refractivity contribution in [1.82, 2.24) is 9.21 Å². The van der Waals surface area contributed by atoms with E-state index in [1.54, 1.807) is 0 Å². The lowest BCUT2D eigenvalue weighted by Gasteiger charge is -2.40. The molecule has 0 aromatic heterocycles. The van der Waals surface area contributed by atoms with Crippen LogP contribution in [0, 0.1) is 5.82 Å². The van der Waals surface area contributed by atoms with E-state index >= 15 is 0 Å². The zero-order chi connectivity index (χ0) is 27.0. The number of amides is 2. The highest BCUT2D eigenvalue weighted by Crippen LogP contribution is 2.41.